The molecule has 2 aliphatic heterocycles. The lowest BCUT2D eigenvalue weighted by molar-refractivity contribution is 0.145. The number of aliphatic imine (C=N–C) groups is 1. The van der Waals surface area contributed by atoms with E-state index >= 15 is 0 Å². The van der Waals surface area contributed by atoms with Gasteiger partial charge in [0, 0.05) is 31.4 Å². The molecule has 0 aliphatic carbocycles. The van der Waals surface area contributed by atoms with Gasteiger partial charge in [0.2, 0.25) is 0 Å². The van der Waals surface area contributed by atoms with Gasteiger partial charge < -0.3 is 19.9 Å². The molecule has 0 bridgehead atoms. The first-order chi connectivity index (χ1) is 16.4. The number of fused-ring (bicyclic) bond motifs is 2. The number of aryl methyl sites for hydroxylation is 2. The van der Waals surface area contributed by atoms with Gasteiger partial charge in [-0.1, -0.05) is 17.7 Å². The second-order valence-corrected chi connectivity index (χ2v) is 8.93. The number of piperazine rings is 1. The highest BCUT2D eigenvalue weighted by Gasteiger charge is 2.31. The van der Waals surface area contributed by atoms with Crippen LogP contribution in [0, 0.1) is 19.7 Å². The number of carbonyl (C=O) groups is 1. The topological polar surface area (TPSA) is 57.2 Å². The van der Waals surface area contributed by atoms with Gasteiger partial charge in [0.05, 0.1) is 5.56 Å². The predicted octanol–water partition coefficient (Wildman–Crippen LogP) is 5.86. The van der Waals surface area contributed by atoms with Gasteiger partial charge in [0.1, 0.15) is 23.1 Å². The Hall–Kier alpha value is -3.87. The van der Waals surface area contributed by atoms with Crippen LogP contribution in [0.2, 0.25) is 0 Å². The number of benzene rings is 3. The fourth-order valence-electron chi connectivity index (χ4n) is 4.42. The minimum Gasteiger partial charge on any atom is -0.454 e. The number of nitrogens with zero attached hydrogens (tertiary/aromatic N) is 3. The van der Waals surface area contributed by atoms with Crippen molar-refractivity contribution in [1.82, 2.24) is 9.80 Å². The number of rotatable bonds is 1. The van der Waals surface area contributed by atoms with Crippen LogP contribution < -0.4 is 10.1 Å². The molecule has 1 unspecified atom stereocenters. The molecular weight excluding hydrogens is 431 g/mol. The number of amidine groups is 1. The summed E-state index contributed by atoms with van der Waals surface area (Å²) in [6.45, 7) is 7.92. The Bertz CT molecular complexity index is 1270. The maximum Gasteiger partial charge on any atom is 0.322 e. The average Bonchev–Trinajstić information content (AvgIpc) is 2.96. The van der Waals surface area contributed by atoms with Gasteiger partial charge in [-0.05, 0) is 74.9 Å². The standard InChI is InChI=1S/C27H27FN4O2/c1-17-5-11-24-22(14-17)26(30-23-10-4-18(2)15-25(23)34-24)31-12-13-32(19(3)16-31)27(33)29-21-8-6-20(28)7-9-21/h4-11,14-15,19H,12-13,16H2,1-3H3,(H,29,33). The predicted molar refractivity (Wildman–Crippen MR) is 132 cm³/mol. The molecule has 174 valence electrons. The lowest BCUT2D eigenvalue weighted by Gasteiger charge is -2.41. The number of hydrogen-bond donors (Lipinski definition) is 1. The van der Waals surface area contributed by atoms with Crippen LogP contribution >= 0.6 is 0 Å². The van der Waals surface area contributed by atoms with E-state index in [4.69, 9.17) is 9.73 Å². The van der Waals surface area contributed by atoms with Crippen molar-refractivity contribution >= 4 is 23.2 Å². The van der Waals surface area contributed by atoms with E-state index in [9.17, 15) is 9.18 Å². The minimum absolute atomic E-state index is 0.0492. The van der Waals surface area contributed by atoms with Crippen molar-refractivity contribution in [2.24, 2.45) is 4.99 Å². The van der Waals surface area contributed by atoms with Crippen LogP contribution in [0.4, 0.5) is 20.6 Å². The highest BCUT2D eigenvalue weighted by atomic mass is 19.1. The summed E-state index contributed by atoms with van der Waals surface area (Å²) in [7, 11) is 0. The van der Waals surface area contributed by atoms with Crippen LogP contribution in [0.1, 0.15) is 23.6 Å². The first-order valence-electron chi connectivity index (χ1n) is 11.4. The molecule has 3 aromatic rings. The van der Waals surface area contributed by atoms with Crippen LogP contribution in [0.15, 0.2) is 65.7 Å². The molecule has 1 fully saturated rings. The van der Waals surface area contributed by atoms with Crippen LogP contribution in [-0.4, -0.2) is 47.3 Å². The minimum atomic E-state index is -0.333. The highest BCUT2D eigenvalue weighted by Crippen LogP contribution is 2.39. The Morgan fingerprint density at radius 2 is 1.74 bits per heavy atom. The molecule has 0 aromatic heterocycles. The monoisotopic (exact) mass is 458 g/mol. The lowest BCUT2D eigenvalue weighted by atomic mass is 10.1. The Labute approximate surface area is 198 Å². The van der Waals surface area contributed by atoms with Crippen molar-refractivity contribution in [3.63, 3.8) is 0 Å². The zero-order valence-corrected chi connectivity index (χ0v) is 19.5. The third kappa shape index (κ3) is 4.33. The second-order valence-electron chi connectivity index (χ2n) is 8.93. The summed E-state index contributed by atoms with van der Waals surface area (Å²) in [5.41, 5.74) is 4.55. The summed E-state index contributed by atoms with van der Waals surface area (Å²) in [6, 6.07) is 17.7. The summed E-state index contributed by atoms with van der Waals surface area (Å²) in [6.07, 6.45) is 0. The Balaban J connectivity index is 1.40. The van der Waals surface area contributed by atoms with E-state index in [1.807, 2.05) is 49.1 Å². The van der Waals surface area contributed by atoms with Crippen molar-refractivity contribution in [3.8, 4) is 11.5 Å². The van der Waals surface area contributed by atoms with Gasteiger partial charge in [-0.2, -0.15) is 0 Å². The lowest BCUT2D eigenvalue weighted by Crippen LogP contribution is -2.56. The van der Waals surface area contributed by atoms with Gasteiger partial charge in [-0.3, -0.25) is 0 Å². The quantitative estimate of drug-likeness (QED) is 0.497. The van der Waals surface area contributed by atoms with Crippen LogP contribution in [0.25, 0.3) is 0 Å². The molecule has 0 saturated carbocycles. The first kappa shape index (κ1) is 21.9. The normalized spacial score (nSPS) is 17.2. The largest absolute Gasteiger partial charge is 0.454 e. The van der Waals surface area contributed by atoms with E-state index in [1.165, 1.54) is 12.1 Å². The maximum atomic E-state index is 13.2. The number of halogens is 1. The molecular formula is C27H27FN4O2. The molecule has 7 heteroatoms. The fourth-order valence-corrected chi connectivity index (χ4v) is 4.42. The molecule has 1 N–H and O–H groups in total. The van der Waals surface area contributed by atoms with Crippen molar-refractivity contribution < 1.29 is 13.9 Å². The molecule has 2 heterocycles. The van der Waals surface area contributed by atoms with Crippen molar-refractivity contribution in [1.29, 1.82) is 0 Å². The molecule has 2 aliphatic rings. The average molecular weight is 459 g/mol. The molecule has 2 amide bonds. The maximum absolute atomic E-state index is 13.2. The second kappa shape index (κ2) is 8.82. The Morgan fingerprint density at radius 1 is 1.00 bits per heavy atom. The zero-order chi connectivity index (χ0) is 23.8. The van der Waals surface area contributed by atoms with Gasteiger partial charge in [0.25, 0.3) is 0 Å². The SMILES string of the molecule is Cc1ccc2c(c1)Oc1ccc(C)cc1C(N1CCN(C(=O)Nc3ccc(F)cc3)C(C)C1)=N2. The smallest absolute Gasteiger partial charge is 0.322 e. The number of amides is 2. The van der Waals surface area contributed by atoms with Crippen LogP contribution in [0.5, 0.6) is 11.5 Å². The van der Waals surface area contributed by atoms with Crippen LogP contribution in [0.3, 0.4) is 0 Å². The summed E-state index contributed by atoms with van der Waals surface area (Å²) in [5.74, 6) is 2.04. The summed E-state index contributed by atoms with van der Waals surface area (Å²) in [4.78, 5) is 22.0. The summed E-state index contributed by atoms with van der Waals surface area (Å²) in [5, 5.41) is 2.87. The Morgan fingerprint density at radius 3 is 2.50 bits per heavy atom. The van der Waals surface area contributed by atoms with E-state index in [2.05, 4.69) is 23.2 Å². The van der Waals surface area contributed by atoms with Gasteiger partial charge in [0.15, 0.2) is 5.75 Å². The Kier molecular flexibility index (Phi) is 5.69. The third-order valence-corrected chi connectivity index (χ3v) is 6.22. The van der Waals surface area contributed by atoms with Crippen molar-refractivity contribution in [2.75, 3.05) is 25.0 Å². The summed E-state index contributed by atoms with van der Waals surface area (Å²) >= 11 is 0. The van der Waals surface area contributed by atoms with Crippen LogP contribution in [-0.2, 0) is 0 Å². The van der Waals surface area contributed by atoms with Gasteiger partial charge in [-0.15, -0.1) is 0 Å². The van der Waals surface area contributed by atoms with E-state index < -0.39 is 0 Å². The molecule has 3 aromatic carbocycles. The highest BCUT2D eigenvalue weighted by molar-refractivity contribution is 6.04. The van der Waals surface area contributed by atoms with Crippen molar-refractivity contribution in [2.45, 2.75) is 26.8 Å². The molecule has 0 radical (unpaired) electrons. The van der Waals surface area contributed by atoms with Gasteiger partial charge >= 0.3 is 6.03 Å². The van der Waals surface area contributed by atoms with E-state index in [0.717, 1.165) is 39.7 Å². The fraction of sp³-hybridized carbons (Fsp3) is 0.259. The molecule has 0 spiro atoms. The number of urea groups is 1. The summed E-state index contributed by atoms with van der Waals surface area (Å²) < 4.78 is 19.5. The van der Waals surface area contributed by atoms with Gasteiger partial charge in [-0.25, -0.2) is 14.2 Å². The van der Waals surface area contributed by atoms with E-state index in [1.54, 1.807) is 12.1 Å². The molecule has 6 nitrogen and oxygen atoms in total. The van der Waals surface area contributed by atoms with E-state index in [0.29, 0.717) is 25.3 Å². The molecule has 1 atom stereocenters. The van der Waals surface area contributed by atoms with E-state index in [-0.39, 0.29) is 17.9 Å². The number of ether oxygens (including phenoxy) is 1. The number of carbonyl (C=O) groups excluding carboxylic acids is 1. The first-order valence-corrected chi connectivity index (χ1v) is 11.4. The molecule has 34 heavy (non-hydrogen) atoms. The van der Waals surface area contributed by atoms with Crippen molar-refractivity contribution in [3.05, 3.63) is 83.2 Å². The molecule has 5 rings (SSSR count). The number of nitrogens with one attached hydrogen (secondary N) is 1. The number of hydrogen-bond acceptors (Lipinski definition) is 4. The molecule has 1 saturated heterocycles. The number of anilines is 1. The third-order valence-electron chi connectivity index (χ3n) is 6.22. The zero-order valence-electron chi connectivity index (χ0n) is 19.5.